The first-order valence-corrected chi connectivity index (χ1v) is 11.0. The van der Waals surface area contributed by atoms with E-state index in [0.717, 1.165) is 52.6 Å². The lowest BCUT2D eigenvalue weighted by atomic mass is 10.2. The molecule has 4 aromatic heterocycles. The molecular weight excluding hydrogens is 416 g/mol. The van der Waals surface area contributed by atoms with Crippen LogP contribution in [0.3, 0.4) is 0 Å². The van der Waals surface area contributed by atoms with Gasteiger partial charge < -0.3 is 14.2 Å². The standard InChI is InChI=1S/C24H24N8O/c1-29-10-8-19(27-29)21-16-20-22(30(21)2)23(31-12-14-33-15-13-31)26-24(25-20)32-11-9-18(28-32)17-6-4-3-5-7-17/h3-11,16H,12-15H2,1-2H3. The van der Waals surface area contributed by atoms with Crippen LogP contribution in [0, 0.1) is 0 Å². The fourth-order valence-corrected chi connectivity index (χ4v) is 4.31. The second kappa shape index (κ2) is 7.86. The molecule has 9 heteroatoms. The van der Waals surface area contributed by atoms with Crippen LogP contribution in [0.1, 0.15) is 0 Å². The van der Waals surface area contributed by atoms with Crippen molar-refractivity contribution in [2.45, 2.75) is 0 Å². The summed E-state index contributed by atoms with van der Waals surface area (Å²) in [5.41, 5.74) is 5.69. The first-order valence-electron chi connectivity index (χ1n) is 11.0. The molecule has 0 amide bonds. The topological polar surface area (TPSA) is 78.8 Å². The third kappa shape index (κ3) is 3.46. The Morgan fingerprint density at radius 1 is 0.848 bits per heavy atom. The highest BCUT2D eigenvalue weighted by Crippen LogP contribution is 2.32. The zero-order chi connectivity index (χ0) is 22.4. The van der Waals surface area contributed by atoms with Gasteiger partial charge in [-0.25, -0.2) is 9.67 Å². The van der Waals surface area contributed by atoms with Crippen molar-refractivity contribution in [2.24, 2.45) is 14.1 Å². The van der Waals surface area contributed by atoms with Crippen LogP contribution < -0.4 is 4.90 Å². The Bertz CT molecular complexity index is 1430. The van der Waals surface area contributed by atoms with E-state index in [9.17, 15) is 0 Å². The Morgan fingerprint density at radius 3 is 2.39 bits per heavy atom. The molecule has 0 unspecified atom stereocenters. The molecule has 0 radical (unpaired) electrons. The van der Waals surface area contributed by atoms with Crippen LogP contribution in [0.15, 0.2) is 60.9 Å². The molecule has 9 nitrogen and oxygen atoms in total. The summed E-state index contributed by atoms with van der Waals surface area (Å²) in [6.45, 7) is 2.92. The second-order valence-electron chi connectivity index (χ2n) is 8.16. The molecule has 1 aliphatic rings. The van der Waals surface area contributed by atoms with E-state index < -0.39 is 0 Å². The van der Waals surface area contributed by atoms with Crippen LogP contribution in [0.25, 0.3) is 39.6 Å². The van der Waals surface area contributed by atoms with Crippen molar-refractivity contribution in [1.82, 2.24) is 34.1 Å². The van der Waals surface area contributed by atoms with Crippen LogP contribution in [0.5, 0.6) is 0 Å². The molecule has 0 bridgehead atoms. The summed E-state index contributed by atoms with van der Waals surface area (Å²) in [6, 6.07) is 16.2. The summed E-state index contributed by atoms with van der Waals surface area (Å²) >= 11 is 0. The van der Waals surface area contributed by atoms with Gasteiger partial charge in [-0.3, -0.25) is 4.68 Å². The van der Waals surface area contributed by atoms with Crippen LogP contribution in [0.2, 0.25) is 0 Å². The first kappa shape index (κ1) is 19.7. The van der Waals surface area contributed by atoms with Gasteiger partial charge in [0.25, 0.3) is 5.95 Å². The minimum atomic E-state index is 0.546. The van der Waals surface area contributed by atoms with E-state index in [1.807, 2.05) is 73.6 Å². The lowest BCUT2D eigenvalue weighted by molar-refractivity contribution is 0.122. The van der Waals surface area contributed by atoms with Crippen molar-refractivity contribution in [3.63, 3.8) is 0 Å². The summed E-state index contributed by atoms with van der Waals surface area (Å²) in [6.07, 6.45) is 3.86. The van der Waals surface area contributed by atoms with Crippen LogP contribution in [-0.2, 0) is 18.8 Å². The highest BCUT2D eigenvalue weighted by Gasteiger charge is 2.23. The average Bonchev–Trinajstić information content (AvgIpc) is 3.59. The summed E-state index contributed by atoms with van der Waals surface area (Å²) in [7, 11) is 3.96. The van der Waals surface area contributed by atoms with Crippen molar-refractivity contribution in [2.75, 3.05) is 31.2 Å². The normalized spacial score (nSPS) is 14.3. The van der Waals surface area contributed by atoms with E-state index in [-0.39, 0.29) is 0 Å². The van der Waals surface area contributed by atoms with E-state index in [4.69, 9.17) is 19.8 Å². The van der Waals surface area contributed by atoms with Crippen molar-refractivity contribution < 1.29 is 4.74 Å². The Kier molecular flexibility index (Phi) is 4.69. The number of hydrogen-bond acceptors (Lipinski definition) is 6. The molecule has 0 spiro atoms. The number of ether oxygens (including phenoxy) is 1. The molecule has 1 aromatic carbocycles. The predicted octanol–water partition coefficient (Wildman–Crippen LogP) is 3.06. The van der Waals surface area contributed by atoms with Gasteiger partial charge in [0.1, 0.15) is 11.2 Å². The maximum absolute atomic E-state index is 5.59. The minimum absolute atomic E-state index is 0.546. The molecule has 0 N–H and O–H groups in total. The number of fused-ring (bicyclic) bond motifs is 1. The maximum atomic E-state index is 5.59. The molecule has 1 fully saturated rings. The number of morpholine rings is 1. The Balaban J connectivity index is 1.51. The number of anilines is 1. The smallest absolute Gasteiger partial charge is 0.253 e. The number of nitrogens with zero attached hydrogens (tertiary/aromatic N) is 8. The van der Waals surface area contributed by atoms with Gasteiger partial charge in [0.15, 0.2) is 5.82 Å². The van der Waals surface area contributed by atoms with Gasteiger partial charge in [-0.2, -0.15) is 15.2 Å². The van der Waals surface area contributed by atoms with Crippen molar-refractivity contribution in [1.29, 1.82) is 0 Å². The van der Waals surface area contributed by atoms with Crippen molar-refractivity contribution in [3.05, 3.63) is 60.9 Å². The lowest BCUT2D eigenvalue weighted by Crippen LogP contribution is -2.37. The third-order valence-electron chi connectivity index (χ3n) is 6.00. The quantitative estimate of drug-likeness (QED) is 0.427. The Morgan fingerprint density at radius 2 is 1.64 bits per heavy atom. The van der Waals surface area contributed by atoms with Gasteiger partial charge >= 0.3 is 0 Å². The summed E-state index contributed by atoms with van der Waals surface area (Å²) in [5, 5.41) is 9.35. The van der Waals surface area contributed by atoms with Gasteiger partial charge in [0.05, 0.1) is 30.1 Å². The summed E-state index contributed by atoms with van der Waals surface area (Å²) in [5.74, 6) is 1.43. The van der Waals surface area contributed by atoms with E-state index in [0.29, 0.717) is 19.2 Å². The molecule has 0 aliphatic carbocycles. The molecule has 166 valence electrons. The maximum Gasteiger partial charge on any atom is 0.253 e. The Labute approximate surface area is 190 Å². The predicted molar refractivity (Wildman–Crippen MR) is 126 cm³/mol. The second-order valence-corrected chi connectivity index (χ2v) is 8.16. The molecule has 0 saturated carbocycles. The fourth-order valence-electron chi connectivity index (χ4n) is 4.31. The first-order chi connectivity index (χ1) is 16.2. The Hall–Kier alpha value is -3.98. The van der Waals surface area contributed by atoms with Crippen LogP contribution in [0.4, 0.5) is 5.82 Å². The molecule has 5 aromatic rings. The third-order valence-corrected chi connectivity index (χ3v) is 6.00. The average molecular weight is 441 g/mol. The number of aryl methyl sites for hydroxylation is 2. The highest BCUT2D eigenvalue weighted by atomic mass is 16.5. The molecule has 1 aliphatic heterocycles. The number of hydrogen-bond donors (Lipinski definition) is 0. The number of aromatic nitrogens is 7. The largest absolute Gasteiger partial charge is 0.378 e. The highest BCUT2D eigenvalue weighted by molar-refractivity contribution is 5.92. The molecular formula is C24H24N8O. The van der Waals surface area contributed by atoms with Crippen LogP contribution >= 0.6 is 0 Å². The van der Waals surface area contributed by atoms with E-state index in [2.05, 4.69) is 20.6 Å². The van der Waals surface area contributed by atoms with E-state index in [1.54, 1.807) is 4.68 Å². The lowest BCUT2D eigenvalue weighted by Gasteiger charge is -2.28. The van der Waals surface area contributed by atoms with Gasteiger partial charge in [0, 0.05) is 45.1 Å². The number of rotatable bonds is 4. The van der Waals surface area contributed by atoms with Gasteiger partial charge in [-0.1, -0.05) is 30.3 Å². The SMILES string of the molecule is Cn1ccc(-c2cc3nc(-n4ccc(-c5ccccc5)n4)nc(N4CCOCC4)c3n2C)n1. The fraction of sp³-hybridized carbons (Fsp3) is 0.250. The van der Waals surface area contributed by atoms with E-state index in [1.165, 1.54) is 0 Å². The van der Waals surface area contributed by atoms with Gasteiger partial charge in [0.2, 0.25) is 0 Å². The molecule has 1 saturated heterocycles. The van der Waals surface area contributed by atoms with Crippen LogP contribution in [-0.4, -0.2) is 60.4 Å². The molecule has 33 heavy (non-hydrogen) atoms. The molecule has 5 heterocycles. The minimum Gasteiger partial charge on any atom is -0.378 e. The summed E-state index contributed by atoms with van der Waals surface area (Å²) in [4.78, 5) is 12.2. The number of benzene rings is 1. The van der Waals surface area contributed by atoms with Crippen molar-refractivity contribution >= 4 is 16.9 Å². The molecule has 0 atom stereocenters. The molecule has 6 rings (SSSR count). The summed E-state index contributed by atoms with van der Waals surface area (Å²) < 4.78 is 11.3. The van der Waals surface area contributed by atoms with Crippen molar-refractivity contribution in [3.8, 4) is 28.6 Å². The zero-order valence-corrected chi connectivity index (χ0v) is 18.6. The zero-order valence-electron chi connectivity index (χ0n) is 18.6. The monoisotopic (exact) mass is 440 g/mol. The van der Waals surface area contributed by atoms with Gasteiger partial charge in [-0.05, 0) is 18.2 Å². The van der Waals surface area contributed by atoms with Gasteiger partial charge in [-0.15, -0.1) is 0 Å². The van der Waals surface area contributed by atoms with E-state index >= 15 is 0 Å².